The number of esters is 1. The van der Waals surface area contributed by atoms with Gasteiger partial charge in [0.25, 0.3) is 0 Å². The first-order valence-corrected chi connectivity index (χ1v) is 10.9. The molecule has 0 saturated heterocycles. The van der Waals surface area contributed by atoms with Crippen molar-refractivity contribution in [1.29, 1.82) is 0 Å². The van der Waals surface area contributed by atoms with Crippen LogP contribution in [0.1, 0.15) is 22.6 Å². The lowest BCUT2D eigenvalue weighted by Gasteiger charge is -2.18. The molecular weight excluding hydrogens is 430 g/mol. The minimum atomic E-state index is -0.891. The summed E-state index contributed by atoms with van der Waals surface area (Å²) in [5.41, 5.74) is 5.35. The highest BCUT2D eigenvalue weighted by atomic mass is 16.6. The van der Waals surface area contributed by atoms with Crippen LogP contribution in [0.15, 0.2) is 72.8 Å². The summed E-state index contributed by atoms with van der Waals surface area (Å²) in [7, 11) is 1.28. The molecule has 1 aliphatic carbocycles. The molecule has 1 aliphatic rings. The van der Waals surface area contributed by atoms with E-state index in [1.807, 2.05) is 24.3 Å². The molecule has 0 bridgehead atoms. The SMILES string of the molecule is C#CCOc1ccc(CC(NC(=O)OCC2c3ccccc3-c3ccccc32)C(=O)OC)cc1. The fourth-order valence-electron chi connectivity index (χ4n) is 4.20. The number of ether oxygens (including phenoxy) is 3. The summed E-state index contributed by atoms with van der Waals surface area (Å²) in [5.74, 6) is 2.41. The van der Waals surface area contributed by atoms with Crippen LogP contribution < -0.4 is 10.1 Å². The molecule has 0 aromatic heterocycles. The van der Waals surface area contributed by atoms with Crippen molar-refractivity contribution in [3.63, 3.8) is 0 Å². The Morgan fingerprint density at radius 2 is 1.59 bits per heavy atom. The third-order valence-electron chi connectivity index (χ3n) is 5.81. The number of fused-ring (bicyclic) bond motifs is 3. The van der Waals surface area contributed by atoms with E-state index in [-0.39, 0.29) is 25.6 Å². The van der Waals surface area contributed by atoms with Gasteiger partial charge in [-0.05, 0) is 39.9 Å². The standard InChI is InChI=1S/C28H25NO5/c1-3-16-33-20-14-12-19(13-15-20)17-26(27(30)32-2)29-28(31)34-18-25-23-10-6-4-8-21(23)22-9-5-7-11-24(22)25/h1,4-15,25-26H,16-18H2,2H3,(H,29,31). The highest BCUT2D eigenvalue weighted by Crippen LogP contribution is 2.44. The molecular formula is C28H25NO5. The van der Waals surface area contributed by atoms with Crippen molar-refractivity contribution in [3.8, 4) is 29.2 Å². The van der Waals surface area contributed by atoms with Gasteiger partial charge in [0.15, 0.2) is 0 Å². The molecule has 4 rings (SSSR count). The van der Waals surface area contributed by atoms with E-state index in [9.17, 15) is 9.59 Å². The van der Waals surface area contributed by atoms with Gasteiger partial charge in [-0.3, -0.25) is 0 Å². The molecule has 6 nitrogen and oxygen atoms in total. The summed E-state index contributed by atoms with van der Waals surface area (Å²) < 4.78 is 15.8. The molecule has 172 valence electrons. The van der Waals surface area contributed by atoms with Gasteiger partial charge in [0.1, 0.15) is 25.0 Å². The first kappa shape index (κ1) is 22.9. The molecule has 34 heavy (non-hydrogen) atoms. The van der Waals surface area contributed by atoms with E-state index < -0.39 is 18.1 Å². The van der Waals surface area contributed by atoms with Crippen LogP contribution in [0, 0.1) is 12.3 Å². The van der Waals surface area contributed by atoms with Crippen molar-refractivity contribution in [2.24, 2.45) is 0 Å². The Balaban J connectivity index is 1.40. The van der Waals surface area contributed by atoms with Gasteiger partial charge in [-0.1, -0.05) is 66.6 Å². The minimum Gasteiger partial charge on any atom is -0.481 e. The first-order chi connectivity index (χ1) is 16.6. The summed E-state index contributed by atoms with van der Waals surface area (Å²) >= 11 is 0. The van der Waals surface area contributed by atoms with Gasteiger partial charge in [-0.25, -0.2) is 9.59 Å². The molecule has 0 radical (unpaired) electrons. The van der Waals surface area contributed by atoms with Crippen LogP contribution in [-0.4, -0.2) is 38.4 Å². The summed E-state index contributed by atoms with van der Waals surface area (Å²) in [4.78, 5) is 24.9. The lowest BCUT2D eigenvalue weighted by molar-refractivity contribution is -0.143. The molecule has 1 atom stereocenters. The molecule has 0 saturated carbocycles. The van der Waals surface area contributed by atoms with Crippen LogP contribution in [0.3, 0.4) is 0 Å². The van der Waals surface area contributed by atoms with Crippen LogP contribution in [0.5, 0.6) is 5.75 Å². The number of terminal acetylenes is 1. The van der Waals surface area contributed by atoms with E-state index in [0.29, 0.717) is 5.75 Å². The number of nitrogens with one attached hydrogen (secondary N) is 1. The lowest BCUT2D eigenvalue weighted by atomic mass is 9.98. The maximum atomic E-state index is 12.6. The summed E-state index contributed by atoms with van der Waals surface area (Å²) in [6.07, 6.45) is 4.77. The summed E-state index contributed by atoms with van der Waals surface area (Å²) in [6, 6.07) is 22.4. The average Bonchev–Trinajstić information content (AvgIpc) is 3.20. The molecule has 0 aliphatic heterocycles. The van der Waals surface area contributed by atoms with E-state index in [1.165, 1.54) is 7.11 Å². The number of alkyl carbamates (subject to hydrolysis) is 1. The van der Waals surface area contributed by atoms with Crippen LogP contribution in [0.4, 0.5) is 4.79 Å². The maximum absolute atomic E-state index is 12.6. The number of rotatable bonds is 8. The fourth-order valence-corrected chi connectivity index (χ4v) is 4.20. The number of methoxy groups -OCH3 is 1. The molecule has 1 N–H and O–H groups in total. The number of hydrogen-bond donors (Lipinski definition) is 1. The predicted molar refractivity (Wildman–Crippen MR) is 128 cm³/mol. The van der Waals surface area contributed by atoms with Crippen molar-refractivity contribution >= 4 is 12.1 Å². The molecule has 1 amide bonds. The van der Waals surface area contributed by atoms with Crippen LogP contribution in [-0.2, 0) is 20.7 Å². The van der Waals surface area contributed by atoms with Gasteiger partial charge >= 0.3 is 12.1 Å². The highest BCUT2D eigenvalue weighted by Gasteiger charge is 2.30. The normalized spacial score (nSPS) is 12.6. The molecule has 3 aromatic rings. The summed E-state index contributed by atoms with van der Waals surface area (Å²) in [6.45, 7) is 0.336. The van der Waals surface area contributed by atoms with Crippen molar-refractivity contribution in [2.45, 2.75) is 18.4 Å². The van der Waals surface area contributed by atoms with Crippen LogP contribution in [0.2, 0.25) is 0 Å². The Bertz CT molecular complexity index is 1170. The van der Waals surface area contributed by atoms with Crippen molar-refractivity contribution in [3.05, 3.63) is 89.5 Å². The van der Waals surface area contributed by atoms with E-state index in [1.54, 1.807) is 24.3 Å². The Hall–Kier alpha value is -4.24. The summed E-state index contributed by atoms with van der Waals surface area (Å²) in [5, 5.41) is 2.64. The molecule has 0 fully saturated rings. The zero-order valence-corrected chi connectivity index (χ0v) is 18.8. The maximum Gasteiger partial charge on any atom is 0.407 e. The van der Waals surface area contributed by atoms with Gasteiger partial charge in [0, 0.05) is 12.3 Å². The second-order valence-corrected chi connectivity index (χ2v) is 7.89. The van der Waals surface area contributed by atoms with Crippen molar-refractivity contribution in [2.75, 3.05) is 20.3 Å². The monoisotopic (exact) mass is 455 g/mol. The first-order valence-electron chi connectivity index (χ1n) is 10.9. The Kier molecular flexibility index (Phi) is 7.14. The largest absolute Gasteiger partial charge is 0.481 e. The van der Waals surface area contributed by atoms with E-state index in [0.717, 1.165) is 27.8 Å². The number of carbonyl (C=O) groups excluding carboxylic acids is 2. The highest BCUT2D eigenvalue weighted by molar-refractivity contribution is 5.82. The van der Waals surface area contributed by atoms with Crippen LogP contribution >= 0.6 is 0 Å². The molecule has 0 heterocycles. The van der Waals surface area contributed by atoms with E-state index in [2.05, 4.69) is 35.5 Å². The number of amides is 1. The van der Waals surface area contributed by atoms with Gasteiger partial charge < -0.3 is 19.5 Å². The number of hydrogen-bond acceptors (Lipinski definition) is 5. The Labute approximate surface area is 198 Å². The van der Waals surface area contributed by atoms with E-state index >= 15 is 0 Å². The van der Waals surface area contributed by atoms with Gasteiger partial charge in [0.2, 0.25) is 0 Å². The number of carbonyl (C=O) groups is 2. The predicted octanol–water partition coefficient (Wildman–Crippen LogP) is 4.32. The average molecular weight is 456 g/mol. The van der Waals surface area contributed by atoms with Crippen molar-refractivity contribution in [1.82, 2.24) is 5.32 Å². The van der Waals surface area contributed by atoms with Gasteiger partial charge in [-0.15, -0.1) is 6.42 Å². The van der Waals surface area contributed by atoms with E-state index in [4.69, 9.17) is 20.6 Å². The molecule has 1 unspecified atom stereocenters. The van der Waals surface area contributed by atoms with Gasteiger partial charge in [0.05, 0.1) is 7.11 Å². The molecule has 3 aromatic carbocycles. The molecule has 0 spiro atoms. The van der Waals surface area contributed by atoms with Crippen LogP contribution in [0.25, 0.3) is 11.1 Å². The second-order valence-electron chi connectivity index (χ2n) is 7.89. The fraction of sp³-hybridized carbons (Fsp3) is 0.214. The molecule has 6 heteroatoms. The zero-order valence-electron chi connectivity index (χ0n) is 18.8. The zero-order chi connectivity index (χ0) is 23.9. The van der Waals surface area contributed by atoms with Gasteiger partial charge in [-0.2, -0.15) is 0 Å². The number of benzene rings is 3. The Morgan fingerprint density at radius 3 is 2.18 bits per heavy atom. The quantitative estimate of drug-likeness (QED) is 0.405. The third-order valence-corrected chi connectivity index (χ3v) is 5.81. The minimum absolute atomic E-state index is 0.0646. The lowest BCUT2D eigenvalue weighted by Crippen LogP contribution is -2.43. The third kappa shape index (κ3) is 5.05. The topological polar surface area (TPSA) is 73.9 Å². The van der Waals surface area contributed by atoms with Crippen molar-refractivity contribution < 1.29 is 23.8 Å². The smallest absolute Gasteiger partial charge is 0.407 e. The Morgan fingerprint density at radius 1 is 0.971 bits per heavy atom. The second kappa shape index (κ2) is 10.6.